The molecule has 0 radical (unpaired) electrons. The fourth-order valence-electron chi connectivity index (χ4n) is 3.59. The van der Waals surface area contributed by atoms with Crippen molar-refractivity contribution in [1.82, 2.24) is 19.7 Å². The van der Waals surface area contributed by atoms with Crippen LogP contribution in [0.3, 0.4) is 0 Å². The third kappa shape index (κ3) is 3.52. The average molecular weight is 316 g/mol. The first kappa shape index (κ1) is 15.9. The van der Waals surface area contributed by atoms with E-state index in [0.29, 0.717) is 19.0 Å². The molecule has 23 heavy (non-hydrogen) atoms. The Bertz CT molecular complexity index is 577. The molecule has 0 N–H and O–H groups in total. The van der Waals surface area contributed by atoms with Gasteiger partial charge in [0.15, 0.2) is 0 Å². The van der Waals surface area contributed by atoms with Gasteiger partial charge in [0, 0.05) is 45.6 Å². The summed E-state index contributed by atoms with van der Waals surface area (Å²) < 4.78 is 0. The highest BCUT2D eigenvalue weighted by Crippen LogP contribution is 2.31. The molecule has 2 aliphatic rings. The minimum atomic E-state index is 0.00297. The van der Waals surface area contributed by atoms with Crippen molar-refractivity contribution in [3.63, 3.8) is 0 Å². The molecule has 0 aromatic carbocycles. The summed E-state index contributed by atoms with van der Waals surface area (Å²) >= 11 is 0. The van der Waals surface area contributed by atoms with Crippen LogP contribution in [-0.2, 0) is 16.1 Å². The molecule has 0 saturated carbocycles. The van der Waals surface area contributed by atoms with Crippen LogP contribution in [0.25, 0.3) is 0 Å². The highest BCUT2D eigenvalue weighted by Gasteiger charge is 2.43. The lowest BCUT2D eigenvalue weighted by Gasteiger charge is -2.30. The molecule has 3 rings (SSSR count). The number of aromatic nitrogens is 1. The van der Waals surface area contributed by atoms with Crippen molar-refractivity contribution in [1.29, 1.82) is 0 Å². The molecule has 0 spiro atoms. The summed E-state index contributed by atoms with van der Waals surface area (Å²) in [4.78, 5) is 34.4. The van der Waals surface area contributed by atoms with E-state index in [4.69, 9.17) is 0 Å². The second kappa shape index (κ2) is 6.66. The standard InChI is InChI=1S/C17H24N4O2/c1-19(9-13-3-6-18-7-4-13)12-16(22)21-10-14-5-8-20(2)17(23)15(14)11-21/h3-4,6-7,14-15H,5,8-12H2,1-2H3/t14-,15+/m1/s1. The molecule has 2 amide bonds. The summed E-state index contributed by atoms with van der Waals surface area (Å²) in [6.07, 6.45) is 4.53. The fraction of sp³-hybridized carbons (Fsp3) is 0.588. The molecule has 1 aromatic heterocycles. The molecule has 0 aliphatic carbocycles. The minimum absolute atomic E-state index is 0.00297. The second-order valence-corrected chi connectivity index (χ2v) is 6.74. The Labute approximate surface area is 137 Å². The Morgan fingerprint density at radius 2 is 2.09 bits per heavy atom. The van der Waals surface area contributed by atoms with Crippen LogP contribution in [0, 0.1) is 11.8 Å². The van der Waals surface area contributed by atoms with E-state index in [1.807, 2.05) is 36.0 Å². The molecule has 2 aliphatic heterocycles. The number of pyridine rings is 1. The smallest absolute Gasteiger partial charge is 0.236 e. The highest BCUT2D eigenvalue weighted by molar-refractivity contribution is 5.83. The van der Waals surface area contributed by atoms with Crippen molar-refractivity contribution < 1.29 is 9.59 Å². The van der Waals surface area contributed by atoms with Gasteiger partial charge in [-0.1, -0.05) is 0 Å². The highest BCUT2D eigenvalue weighted by atomic mass is 16.2. The van der Waals surface area contributed by atoms with Crippen LogP contribution in [0.15, 0.2) is 24.5 Å². The van der Waals surface area contributed by atoms with E-state index in [1.54, 1.807) is 17.3 Å². The van der Waals surface area contributed by atoms with Crippen LogP contribution in [0.4, 0.5) is 0 Å². The van der Waals surface area contributed by atoms with E-state index in [-0.39, 0.29) is 17.7 Å². The number of likely N-dealkylation sites (tertiary alicyclic amines) is 2. The van der Waals surface area contributed by atoms with Gasteiger partial charge in [0.25, 0.3) is 0 Å². The largest absolute Gasteiger partial charge is 0.345 e. The third-order valence-electron chi connectivity index (χ3n) is 4.93. The van der Waals surface area contributed by atoms with Crippen molar-refractivity contribution in [2.75, 3.05) is 40.3 Å². The fourth-order valence-corrected chi connectivity index (χ4v) is 3.59. The number of likely N-dealkylation sites (N-methyl/N-ethyl adjacent to an activating group) is 1. The predicted molar refractivity (Wildman–Crippen MR) is 86.4 cm³/mol. The van der Waals surface area contributed by atoms with Gasteiger partial charge in [-0.3, -0.25) is 19.5 Å². The zero-order valence-corrected chi connectivity index (χ0v) is 13.8. The maximum atomic E-state index is 12.5. The molecule has 1 aromatic rings. The van der Waals surface area contributed by atoms with Crippen LogP contribution in [0.1, 0.15) is 12.0 Å². The number of nitrogens with zero attached hydrogens (tertiary/aromatic N) is 4. The molecule has 0 bridgehead atoms. The molecule has 3 heterocycles. The van der Waals surface area contributed by atoms with Gasteiger partial charge < -0.3 is 9.80 Å². The lowest BCUT2D eigenvalue weighted by molar-refractivity contribution is -0.138. The topological polar surface area (TPSA) is 56.8 Å². The Balaban J connectivity index is 1.54. The van der Waals surface area contributed by atoms with Gasteiger partial charge >= 0.3 is 0 Å². The minimum Gasteiger partial charge on any atom is -0.345 e. The van der Waals surface area contributed by atoms with E-state index in [1.165, 1.54) is 0 Å². The number of carbonyl (C=O) groups is 2. The molecule has 124 valence electrons. The van der Waals surface area contributed by atoms with E-state index >= 15 is 0 Å². The van der Waals surface area contributed by atoms with Gasteiger partial charge in [0.1, 0.15) is 0 Å². The molecule has 6 nitrogen and oxygen atoms in total. The number of carbonyl (C=O) groups excluding carboxylic acids is 2. The first-order valence-corrected chi connectivity index (χ1v) is 8.15. The summed E-state index contributed by atoms with van der Waals surface area (Å²) in [6, 6.07) is 3.92. The number of piperidine rings is 1. The summed E-state index contributed by atoms with van der Waals surface area (Å²) in [7, 11) is 3.80. The van der Waals surface area contributed by atoms with Crippen molar-refractivity contribution in [2.24, 2.45) is 11.8 Å². The van der Waals surface area contributed by atoms with Crippen molar-refractivity contribution >= 4 is 11.8 Å². The monoisotopic (exact) mass is 316 g/mol. The third-order valence-corrected chi connectivity index (χ3v) is 4.93. The number of amides is 2. The normalized spacial score (nSPS) is 24.2. The summed E-state index contributed by atoms with van der Waals surface area (Å²) in [5, 5.41) is 0. The lowest BCUT2D eigenvalue weighted by atomic mass is 9.88. The predicted octanol–water partition coefficient (Wildman–Crippen LogP) is 0.450. The van der Waals surface area contributed by atoms with Crippen LogP contribution < -0.4 is 0 Å². The summed E-state index contributed by atoms with van der Waals surface area (Å²) in [5.41, 5.74) is 1.14. The zero-order valence-electron chi connectivity index (χ0n) is 13.8. The van der Waals surface area contributed by atoms with Crippen molar-refractivity contribution in [3.05, 3.63) is 30.1 Å². The molecule has 6 heteroatoms. The number of rotatable bonds is 4. The first-order chi connectivity index (χ1) is 11.0. The molecule has 2 fully saturated rings. The van der Waals surface area contributed by atoms with Crippen LogP contribution >= 0.6 is 0 Å². The Morgan fingerprint density at radius 3 is 2.83 bits per heavy atom. The van der Waals surface area contributed by atoms with Crippen LogP contribution in [0.2, 0.25) is 0 Å². The number of hydrogen-bond donors (Lipinski definition) is 0. The average Bonchev–Trinajstić information content (AvgIpc) is 2.97. The SMILES string of the molecule is CN(CC(=O)N1C[C@H]2CCN(C)C(=O)[C@H]2C1)Cc1ccncc1. The van der Waals surface area contributed by atoms with Gasteiger partial charge in [-0.05, 0) is 37.1 Å². The maximum Gasteiger partial charge on any atom is 0.236 e. The second-order valence-electron chi connectivity index (χ2n) is 6.74. The van der Waals surface area contributed by atoms with Crippen molar-refractivity contribution in [2.45, 2.75) is 13.0 Å². The van der Waals surface area contributed by atoms with E-state index in [9.17, 15) is 9.59 Å². The molecular formula is C17H24N4O2. The summed E-state index contributed by atoms with van der Waals surface area (Å²) in [5.74, 6) is 0.657. The van der Waals surface area contributed by atoms with Gasteiger partial charge in [0.2, 0.25) is 11.8 Å². The zero-order chi connectivity index (χ0) is 16.4. The Morgan fingerprint density at radius 1 is 1.35 bits per heavy atom. The maximum absolute atomic E-state index is 12.5. The van der Waals surface area contributed by atoms with Gasteiger partial charge in [0.05, 0.1) is 12.5 Å². The first-order valence-electron chi connectivity index (χ1n) is 8.15. The molecule has 0 unspecified atom stereocenters. The molecular weight excluding hydrogens is 292 g/mol. The van der Waals surface area contributed by atoms with Gasteiger partial charge in [-0.25, -0.2) is 0 Å². The van der Waals surface area contributed by atoms with Gasteiger partial charge in [-0.15, -0.1) is 0 Å². The quantitative estimate of drug-likeness (QED) is 0.809. The Hall–Kier alpha value is -1.95. The van der Waals surface area contributed by atoms with Crippen LogP contribution in [0.5, 0.6) is 0 Å². The lowest BCUT2D eigenvalue weighted by Crippen LogP contribution is -2.43. The van der Waals surface area contributed by atoms with Crippen molar-refractivity contribution in [3.8, 4) is 0 Å². The molecule has 2 saturated heterocycles. The van der Waals surface area contributed by atoms with E-state index in [0.717, 1.165) is 31.6 Å². The Kier molecular flexibility index (Phi) is 4.61. The number of hydrogen-bond acceptors (Lipinski definition) is 4. The number of fused-ring (bicyclic) bond motifs is 1. The van der Waals surface area contributed by atoms with E-state index < -0.39 is 0 Å². The van der Waals surface area contributed by atoms with Gasteiger partial charge in [-0.2, -0.15) is 0 Å². The summed E-state index contributed by atoms with van der Waals surface area (Å²) in [6.45, 7) is 3.22. The molecule has 2 atom stereocenters. The van der Waals surface area contributed by atoms with E-state index in [2.05, 4.69) is 4.98 Å². The van der Waals surface area contributed by atoms with Crippen LogP contribution in [-0.4, -0.2) is 71.8 Å².